The normalized spacial score (nSPS) is 10.7. The van der Waals surface area contributed by atoms with E-state index in [-0.39, 0.29) is 0 Å². The fourth-order valence-electron chi connectivity index (χ4n) is 2.71. The van der Waals surface area contributed by atoms with E-state index in [0.717, 1.165) is 28.3 Å². The summed E-state index contributed by atoms with van der Waals surface area (Å²) in [7, 11) is 0. The van der Waals surface area contributed by atoms with Crippen LogP contribution >= 0.6 is 11.3 Å². The number of hydrogen-bond acceptors (Lipinski definition) is 3. The van der Waals surface area contributed by atoms with Crippen LogP contribution in [0.5, 0.6) is 0 Å². The van der Waals surface area contributed by atoms with Crippen LogP contribution in [0, 0.1) is 11.3 Å². The lowest BCUT2D eigenvalue weighted by Crippen LogP contribution is -2.01. The van der Waals surface area contributed by atoms with Gasteiger partial charge in [-0.15, -0.1) is 11.3 Å². The molecule has 0 atom stereocenters. The number of imidazole rings is 1. The van der Waals surface area contributed by atoms with Gasteiger partial charge in [0.1, 0.15) is 0 Å². The minimum Gasteiger partial charge on any atom is -0.319 e. The Balaban J connectivity index is 1.94. The summed E-state index contributed by atoms with van der Waals surface area (Å²) in [6, 6.07) is 22.3. The second kappa shape index (κ2) is 5.71. The third-order valence-corrected chi connectivity index (χ3v) is 4.67. The van der Waals surface area contributed by atoms with Gasteiger partial charge in [-0.3, -0.25) is 0 Å². The Labute approximate surface area is 138 Å². The van der Waals surface area contributed by atoms with Crippen molar-refractivity contribution in [2.24, 2.45) is 0 Å². The molecule has 2 aromatic heterocycles. The summed E-state index contributed by atoms with van der Waals surface area (Å²) in [4.78, 5) is 5.93. The van der Waals surface area contributed by atoms with Crippen molar-refractivity contribution in [2.75, 3.05) is 0 Å². The average molecular weight is 315 g/mol. The largest absolute Gasteiger partial charge is 0.319 e. The highest BCUT2D eigenvalue weighted by Crippen LogP contribution is 2.29. The molecule has 4 aromatic rings. The van der Waals surface area contributed by atoms with Gasteiger partial charge in [0.25, 0.3) is 0 Å². The van der Waals surface area contributed by atoms with E-state index in [1.54, 1.807) is 11.3 Å². The minimum atomic E-state index is 0.657. The summed E-state index contributed by atoms with van der Waals surface area (Å²) in [5.74, 6) is 0.953. The molecule has 4 heteroatoms. The van der Waals surface area contributed by atoms with Crippen molar-refractivity contribution in [2.45, 2.75) is 6.54 Å². The van der Waals surface area contributed by atoms with Crippen molar-refractivity contribution in [3.63, 3.8) is 0 Å². The molecule has 23 heavy (non-hydrogen) atoms. The highest BCUT2D eigenvalue weighted by molar-refractivity contribution is 7.13. The topological polar surface area (TPSA) is 41.6 Å². The predicted molar refractivity (Wildman–Crippen MR) is 93.3 cm³/mol. The number of nitrogens with zero attached hydrogens (tertiary/aromatic N) is 3. The molecule has 0 radical (unpaired) electrons. The molecular weight excluding hydrogens is 302 g/mol. The smallest absolute Gasteiger partial charge is 0.151 e. The number of rotatable bonds is 3. The van der Waals surface area contributed by atoms with Crippen LogP contribution < -0.4 is 0 Å². The van der Waals surface area contributed by atoms with E-state index in [2.05, 4.69) is 34.2 Å². The Hall–Kier alpha value is -2.90. The molecule has 0 amide bonds. The first-order valence-electron chi connectivity index (χ1n) is 7.33. The van der Waals surface area contributed by atoms with E-state index in [1.807, 2.05) is 42.5 Å². The van der Waals surface area contributed by atoms with Crippen LogP contribution in [0.15, 0.2) is 66.0 Å². The fourth-order valence-corrected chi connectivity index (χ4v) is 3.43. The Morgan fingerprint density at radius 1 is 1.04 bits per heavy atom. The first-order valence-corrected chi connectivity index (χ1v) is 8.21. The van der Waals surface area contributed by atoms with Gasteiger partial charge in [0.05, 0.1) is 27.5 Å². The summed E-state index contributed by atoms with van der Waals surface area (Å²) in [5, 5.41) is 11.2. The fraction of sp³-hybridized carbons (Fsp3) is 0.0526. The van der Waals surface area contributed by atoms with Crippen molar-refractivity contribution < 1.29 is 0 Å². The number of aromatic nitrogens is 2. The molecule has 0 saturated heterocycles. The number of benzene rings is 2. The van der Waals surface area contributed by atoms with Gasteiger partial charge in [-0.05, 0) is 35.2 Å². The lowest BCUT2D eigenvalue weighted by Gasteiger charge is -2.08. The molecule has 0 saturated carbocycles. The Morgan fingerprint density at radius 2 is 1.91 bits per heavy atom. The van der Waals surface area contributed by atoms with E-state index in [9.17, 15) is 5.26 Å². The van der Waals surface area contributed by atoms with Gasteiger partial charge < -0.3 is 4.57 Å². The summed E-state index contributed by atoms with van der Waals surface area (Å²) in [5.41, 5.74) is 3.79. The van der Waals surface area contributed by atoms with Crippen LogP contribution in [0.25, 0.3) is 21.7 Å². The standard InChI is InChI=1S/C19H13N3S/c20-12-15-8-9-16-17(11-15)22(13-14-5-2-1-3-6-14)19(21-16)18-7-4-10-23-18/h1-11H,13H2. The van der Waals surface area contributed by atoms with Gasteiger partial charge in [-0.25, -0.2) is 4.98 Å². The number of nitriles is 1. The molecular formula is C19H13N3S. The zero-order valence-electron chi connectivity index (χ0n) is 12.3. The molecule has 2 heterocycles. The van der Waals surface area contributed by atoms with E-state index < -0.39 is 0 Å². The molecule has 2 aromatic carbocycles. The number of thiophene rings is 1. The lowest BCUT2D eigenvalue weighted by molar-refractivity contribution is 0.836. The maximum Gasteiger partial charge on any atom is 0.151 e. The molecule has 0 fully saturated rings. The molecule has 110 valence electrons. The first-order chi connectivity index (χ1) is 11.3. The van der Waals surface area contributed by atoms with Gasteiger partial charge >= 0.3 is 0 Å². The van der Waals surface area contributed by atoms with E-state index in [1.165, 1.54) is 5.56 Å². The quantitative estimate of drug-likeness (QED) is 0.550. The lowest BCUT2D eigenvalue weighted by atomic mass is 10.2. The Bertz CT molecular complexity index is 992. The van der Waals surface area contributed by atoms with Crippen molar-refractivity contribution >= 4 is 22.4 Å². The molecule has 0 N–H and O–H groups in total. The van der Waals surface area contributed by atoms with Gasteiger partial charge in [-0.1, -0.05) is 36.4 Å². The maximum absolute atomic E-state index is 9.19. The molecule has 0 unspecified atom stereocenters. The van der Waals surface area contributed by atoms with Gasteiger partial charge in [0.2, 0.25) is 0 Å². The van der Waals surface area contributed by atoms with Crippen molar-refractivity contribution in [1.82, 2.24) is 9.55 Å². The summed E-state index contributed by atoms with van der Waals surface area (Å²) in [6.45, 7) is 0.736. The molecule has 0 aliphatic rings. The van der Waals surface area contributed by atoms with Gasteiger partial charge in [0, 0.05) is 6.54 Å². The molecule has 0 bridgehead atoms. The SMILES string of the molecule is N#Cc1ccc2nc(-c3cccs3)n(Cc3ccccc3)c2c1. The molecule has 0 spiro atoms. The van der Waals surface area contributed by atoms with Gasteiger partial charge in [0.15, 0.2) is 5.82 Å². The molecule has 0 aliphatic carbocycles. The van der Waals surface area contributed by atoms with E-state index >= 15 is 0 Å². The minimum absolute atomic E-state index is 0.657. The van der Waals surface area contributed by atoms with E-state index in [0.29, 0.717) is 5.56 Å². The van der Waals surface area contributed by atoms with Crippen molar-refractivity contribution in [3.05, 3.63) is 77.2 Å². The zero-order chi connectivity index (χ0) is 15.6. The van der Waals surface area contributed by atoms with Crippen LogP contribution in [0.4, 0.5) is 0 Å². The maximum atomic E-state index is 9.19. The first kappa shape index (κ1) is 13.7. The Kier molecular flexibility index (Phi) is 3.41. The molecule has 4 rings (SSSR count). The summed E-state index contributed by atoms with van der Waals surface area (Å²) in [6.07, 6.45) is 0. The van der Waals surface area contributed by atoms with Crippen LogP contribution in [-0.4, -0.2) is 9.55 Å². The summed E-state index contributed by atoms with van der Waals surface area (Å²) < 4.78 is 2.19. The Morgan fingerprint density at radius 3 is 2.65 bits per heavy atom. The second-order valence-corrected chi connectivity index (χ2v) is 6.25. The third-order valence-electron chi connectivity index (χ3n) is 3.80. The average Bonchev–Trinajstić information content (AvgIpc) is 3.23. The van der Waals surface area contributed by atoms with E-state index in [4.69, 9.17) is 4.98 Å². The third kappa shape index (κ3) is 2.52. The van der Waals surface area contributed by atoms with Crippen molar-refractivity contribution in [3.8, 4) is 16.8 Å². The highest BCUT2D eigenvalue weighted by atomic mass is 32.1. The van der Waals surface area contributed by atoms with Crippen LogP contribution in [-0.2, 0) is 6.54 Å². The number of hydrogen-bond donors (Lipinski definition) is 0. The molecule has 3 nitrogen and oxygen atoms in total. The predicted octanol–water partition coefficient (Wildman–Crippen LogP) is 4.68. The van der Waals surface area contributed by atoms with Crippen molar-refractivity contribution in [1.29, 1.82) is 5.26 Å². The highest BCUT2D eigenvalue weighted by Gasteiger charge is 2.14. The summed E-state index contributed by atoms with van der Waals surface area (Å²) >= 11 is 1.68. The monoisotopic (exact) mass is 315 g/mol. The van der Waals surface area contributed by atoms with Crippen LogP contribution in [0.2, 0.25) is 0 Å². The second-order valence-electron chi connectivity index (χ2n) is 5.30. The number of fused-ring (bicyclic) bond motifs is 1. The van der Waals surface area contributed by atoms with Crippen LogP contribution in [0.1, 0.15) is 11.1 Å². The van der Waals surface area contributed by atoms with Gasteiger partial charge in [-0.2, -0.15) is 5.26 Å². The van der Waals surface area contributed by atoms with Crippen LogP contribution in [0.3, 0.4) is 0 Å². The molecule has 0 aliphatic heterocycles. The zero-order valence-corrected chi connectivity index (χ0v) is 13.1.